The number of hydrogen-bond donors (Lipinski definition) is 1. The van der Waals surface area contributed by atoms with Crippen LogP contribution in [0.25, 0.3) is 0 Å². The molecule has 4 atom stereocenters. The van der Waals surface area contributed by atoms with Crippen LogP contribution in [0.1, 0.15) is 52.0 Å². The number of nitrogens with zero attached hydrogens (tertiary/aromatic N) is 1. The van der Waals surface area contributed by atoms with Crippen molar-refractivity contribution in [2.45, 2.75) is 64.1 Å². The fourth-order valence-corrected chi connectivity index (χ4v) is 4.26. The molecule has 0 amide bonds. The molecule has 2 fully saturated rings. The van der Waals surface area contributed by atoms with Gasteiger partial charge in [-0.25, -0.2) is 0 Å². The predicted octanol–water partition coefficient (Wildman–Crippen LogP) is 3.77. The molecule has 2 heteroatoms. The monoisotopic (exact) mass is 286 g/mol. The first-order valence-electron chi connectivity index (χ1n) is 8.65. The highest BCUT2D eigenvalue weighted by Crippen LogP contribution is 2.33. The summed E-state index contributed by atoms with van der Waals surface area (Å²) in [6, 6.07) is 12.4. The summed E-state index contributed by atoms with van der Waals surface area (Å²) in [6.07, 6.45) is 5.60. The summed E-state index contributed by atoms with van der Waals surface area (Å²) in [6.45, 7) is 9.41. The second kappa shape index (κ2) is 6.10. The van der Waals surface area contributed by atoms with Crippen LogP contribution in [-0.2, 0) is 5.54 Å². The SMILES string of the molecule is CC1CCCC(N2CC(C)(c3ccccc3)NCC2C)C1. The molecule has 0 bridgehead atoms. The predicted molar refractivity (Wildman–Crippen MR) is 89.4 cm³/mol. The fourth-order valence-electron chi connectivity index (χ4n) is 4.26. The Morgan fingerprint density at radius 2 is 1.90 bits per heavy atom. The van der Waals surface area contributed by atoms with Crippen molar-refractivity contribution in [3.63, 3.8) is 0 Å². The average molecular weight is 286 g/mol. The molecule has 21 heavy (non-hydrogen) atoms. The van der Waals surface area contributed by atoms with Gasteiger partial charge >= 0.3 is 0 Å². The summed E-state index contributed by atoms with van der Waals surface area (Å²) in [4.78, 5) is 2.79. The summed E-state index contributed by atoms with van der Waals surface area (Å²) < 4.78 is 0. The van der Waals surface area contributed by atoms with E-state index in [0.29, 0.717) is 6.04 Å². The van der Waals surface area contributed by atoms with Crippen LogP contribution in [0, 0.1) is 5.92 Å². The van der Waals surface area contributed by atoms with Gasteiger partial charge in [0.05, 0.1) is 5.54 Å². The quantitative estimate of drug-likeness (QED) is 0.890. The van der Waals surface area contributed by atoms with Crippen LogP contribution in [0.2, 0.25) is 0 Å². The normalized spacial score (nSPS) is 38.3. The molecule has 1 heterocycles. The van der Waals surface area contributed by atoms with Gasteiger partial charge in [0.2, 0.25) is 0 Å². The molecule has 1 aliphatic heterocycles. The van der Waals surface area contributed by atoms with E-state index in [0.717, 1.165) is 25.0 Å². The lowest BCUT2D eigenvalue weighted by atomic mass is 9.82. The fraction of sp³-hybridized carbons (Fsp3) is 0.684. The smallest absolute Gasteiger partial charge is 0.0535 e. The van der Waals surface area contributed by atoms with Gasteiger partial charge in [0.25, 0.3) is 0 Å². The van der Waals surface area contributed by atoms with Crippen LogP contribution in [-0.4, -0.2) is 30.1 Å². The minimum atomic E-state index is 0.0917. The largest absolute Gasteiger partial charge is 0.305 e. The van der Waals surface area contributed by atoms with Crippen LogP contribution in [0.3, 0.4) is 0 Å². The standard InChI is InChI=1S/C19H30N2/c1-15-8-7-11-18(12-15)21-14-19(3,20-13-16(21)2)17-9-5-4-6-10-17/h4-6,9-10,15-16,18,20H,7-8,11-14H2,1-3H3. The Kier molecular flexibility index (Phi) is 4.37. The van der Waals surface area contributed by atoms with E-state index in [2.05, 4.69) is 61.3 Å². The Balaban J connectivity index is 1.78. The van der Waals surface area contributed by atoms with E-state index >= 15 is 0 Å². The van der Waals surface area contributed by atoms with Crippen molar-refractivity contribution in [1.29, 1.82) is 0 Å². The van der Waals surface area contributed by atoms with Gasteiger partial charge < -0.3 is 5.32 Å². The van der Waals surface area contributed by atoms with Gasteiger partial charge in [-0.2, -0.15) is 0 Å². The Hall–Kier alpha value is -0.860. The molecule has 1 aromatic rings. The first-order chi connectivity index (χ1) is 10.1. The summed E-state index contributed by atoms with van der Waals surface area (Å²) in [7, 11) is 0. The minimum absolute atomic E-state index is 0.0917. The van der Waals surface area contributed by atoms with Crippen molar-refractivity contribution < 1.29 is 0 Å². The molecular formula is C19H30N2. The molecule has 1 aromatic carbocycles. The molecule has 3 rings (SSSR count). The Bertz CT molecular complexity index is 458. The second-order valence-electron chi connectivity index (χ2n) is 7.53. The summed E-state index contributed by atoms with van der Waals surface area (Å²) in [5.41, 5.74) is 1.51. The zero-order valence-corrected chi connectivity index (χ0v) is 13.8. The van der Waals surface area contributed by atoms with E-state index in [-0.39, 0.29) is 5.54 Å². The zero-order valence-electron chi connectivity index (χ0n) is 13.8. The number of hydrogen-bond acceptors (Lipinski definition) is 2. The maximum Gasteiger partial charge on any atom is 0.0535 e. The molecule has 2 aliphatic rings. The van der Waals surface area contributed by atoms with Crippen LogP contribution in [0.5, 0.6) is 0 Å². The van der Waals surface area contributed by atoms with Crippen LogP contribution < -0.4 is 5.32 Å². The molecule has 1 N–H and O–H groups in total. The highest BCUT2D eigenvalue weighted by molar-refractivity contribution is 5.25. The van der Waals surface area contributed by atoms with Crippen molar-refractivity contribution in [2.75, 3.05) is 13.1 Å². The summed E-state index contributed by atoms with van der Waals surface area (Å²) >= 11 is 0. The molecule has 1 saturated carbocycles. The van der Waals surface area contributed by atoms with Gasteiger partial charge in [0.1, 0.15) is 0 Å². The molecule has 116 valence electrons. The van der Waals surface area contributed by atoms with Crippen molar-refractivity contribution in [3.05, 3.63) is 35.9 Å². The van der Waals surface area contributed by atoms with Crippen molar-refractivity contribution in [2.24, 2.45) is 5.92 Å². The van der Waals surface area contributed by atoms with E-state index < -0.39 is 0 Å². The van der Waals surface area contributed by atoms with Crippen molar-refractivity contribution in [3.8, 4) is 0 Å². The van der Waals surface area contributed by atoms with Gasteiger partial charge in [-0.3, -0.25) is 4.90 Å². The Labute approximate surface area is 129 Å². The number of piperazine rings is 1. The first kappa shape index (κ1) is 15.1. The highest BCUT2D eigenvalue weighted by atomic mass is 15.3. The maximum atomic E-state index is 3.80. The van der Waals surface area contributed by atoms with E-state index in [1.165, 1.54) is 31.2 Å². The van der Waals surface area contributed by atoms with E-state index in [1.807, 2.05) is 0 Å². The lowest BCUT2D eigenvalue weighted by Crippen LogP contribution is -2.63. The molecule has 0 radical (unpaired) electrons. The third-order valence-electron chi connectivity index (χ3n) is 5.64. The Morgan fingerprint density at radius 3 is 2.62 bits per heavy atom. The van der Waals surface area contributed by atoms with E-state index in [4.69, 9.17) is 0 Å². The van der Waals surface area contributed by atoms with Crippen LogP contribution in [0.4, 0.5) is 0 Å². The van der Waals surface area contributed by atoms with Gasteiger partial charge in [0, 0.05) is 25.2 Å². The molecular weight excluding hydrogens is 256 g/mol. The number of nitrogens with one attached hydrogen (secondary N) is 1. The van der Waals surface area contributed by atoms with E-state index in [9.17, 15) is 0 Å². The van der Waals surface area contributed by atoms with Gasteiger partial charge in [0.15, 0.2) is 0 Å². The third kappa shape index (κ3) is 3.17. The zero-order chi connectivity index (χ0) is 14.9. The first-order valence-corrected chi connectivity index (χ1v) is 8.65. The highest BCUT2D eigenvalue weighted by Gasteiger charge is 2.39. The van der Waals surface area contributed by atoms with Crippen LogP contribution >= 0.6 is 0 Å². The molecule has 1 aliphatic carbocycles. The molecule has 0 aromatic heterocycles. The van der Waals surface area contributed by atoms with Gasteiger partial charge in [-0.15, -0.1) is 0 Å². The maximum absolute atomic E-state index is 3.80. The third-order valence-corrected chi connectivity index (χ3v) is 5.64. The van der Waals surface area contributed by atoms with E-state index in [1.54, 1.807) is 0 Å². The lowest BCUT2D eigenvalue weighted by Gasteiger charge is -2.50. The molecule has 4 unspecified atom stereocenters. The average Bonchev–Trinajstić information content (AvgIpc) is 2.51. The number of rotatable bonds is 2. The van der Waals surface area contributed by atoms with Gasteiger partial charge in [-0.1, -0.05) is 50.1 Å². The van der Waals surface area contributed by atoms with Crippen molar-refractivity contribution in [1.82, 2.24) is 10.2 Å². The summed E-state index contributed by atoms with van der Waals surface area (Å²) in [5, 5.41) is 3.80. The second-order valence-corrected chi connectivity index (χ2v) is 7.53. The lowest BCUT2D eigenvalue weighted by molar-refractivity contribution is 0.0301. The molecule has 0 spiro atoms. The minimum Gasteiger partial charge on any atom is -0.305 e. The molecule has 2 nitrogen and oxygen atoms in total. The summed E-state index contributed by atoms with van der Waals surface area (Å²) in [5.74, 6) is 0.897. The van der Waals surface area contributed by atoms with Crippen molar-refractivity contribution >= 4 is 0 Å². The van der Waals surface area contributed by atoms with Crippen LogP contribution in [0.15, 0.2) is 30.3 Å². The Morgan fingerprint density at radius 1 is 1.14 bits per heavy atom. The number of benzene rings is 1. The molecule has 1 saturated heterocycles. The van der Waals surface area contributed by atoms with Gasteiger partial charge in [-0.05, 0) is 38.2 Å². The topological polar surface area (TPSA) is 15.3 Å².